The minimum Gasteiger partial charge on any atom is -0.477 e. The van der Waals surface area contributed by atoms with Crippen molar-refractivity contribution in [2.45, 2.75) is 25.7 Å². The fourth-order valence-electron chi connectivity index (χ4n) is 5.14. The number of fused-ring (bicyclic) bond motifs is 1. The molecule has 1 amide bonds. The van der Waals surface area contributed by atoms with Crippen LogP contribution in [0.4, 0.5) is 30.5 Å². The topological polar surface area (TPSA) is 97.8 Å². The van der Waals surface area contributed by atoms with Crippen LogP contribution >= 0.6 is 0 Å². The van der Waals surface area contributed by atoms with Crippen molar-refractivity contribution in [1.82, 2.24) is 14.9 Å². The zero-order valence-corrected chi connectivity index (χ0v) is 23.7. The molecule has 0 aliphatic carbocycles. The minimum atomic E-state index is -4.77. The zero-order valence-electron chi connectivity index (χ0n) is 23.7. The normalized spacial score (nSPS) is 15.2. The number of benzene rings is 3. The summed E-state index contributed by atoms with van der Waals surface area (Å²) in [5.74, 6) is 0.124. The molecule has 9 nitrogen and oxygen atoms in total. The van der Waals surface area contributed by atoms with E-state index in [4.69, 9.17) is 9.47 Å². The SMILES string of the molecule is O=C(Nc1cccc(CN2CCOCC2)c1)c1ccc(Nc2nc3c(c(-c4ccc(OC(F)(F)F)cc4)n2)CCCO3)cc1. The van der Waals surface area contributed by atoms with Crippen molar-refractivity contribution in [3.63, 3.8) is 0 Å². The lowest BCUT2D eigenvalue weighted by Crippen LogP contribution is -2.35. The maximum Gasteiger partial charge on any atom is 0.573 e. The van der Waals surface area contributed by atoms with E-state index in [9.17, 15) is 18.0 Å². The number of hydrogen-bond donors (Lipinski definition) is 2. The molecule has 2 aliphatic heterocycles. The number of halogens is 3. The quantitative estimate of drug-likeness (QED) is 0.245. The van der Waals surface area contributed by atoms with Gasteiger partial charge in [-0.3, -0.25) is 9.69 Å². The maximum atomic E-state index is 13.0. The summed E-state index contributed by atoms with van der Waals surface area (Å²) in [6.45, 7) is 4.52. The third-order valence-corrected chi connectivity index (χ3v) is 7.24. The van der Waals surface area contributed by atoms with Crippen LogP contribution in [0.5, 0.6) is 11.6 Å². The van der Waals surface area contributed by atoms with E-state index < -0.39 is 6.36 Å². The molecule has 3 aromatic carbocycles. The molecule has 4 aromatic rings. The van der Waals surface area contributed by atoms with Gasteiger partial charge in [0.2, 0.25) is 11.8 Å². The zero-order chi connectivity index (χ0) is 30.5. The lowest BCUT2D eigenvalue weighted by atomic mass is 10.0. The number of amides is 1. The van der Waals surface area contributed by atoms with Crippen LogP contribution in [0.3, 0.4) is 0 Å². The molecule has 0 saturated carbocycles. The number of nitrogens with one attached hydrogen (secondary N) is 2. The summed E-state index contributed by atoms with van der Waals surface area (Å²) < 4.78 is 53.0. The molecule has 12 heteroatoms. The summed E-state index contributed by atoms with van der Waals surface area (Å²) in [4.78, 5) is 24.5. The number of alkyl halides is 3. The Balaban J connectivity index is 1.14. The van der Waals surface area contributed by atoms with E-state index >= 15 is 0 Å². The van der Waals surface area contributed by atoms with E-state index in [1.54, 1.807) is 24.3 Å². The van der Waals surface area contributed by atoms with Crippen molar-refractivity contribution in [2.75, 3.05) is 43.5 Å². The summed E-state index contributed by atoms with van der Waals surface area (Å²) in [6.07, 6.45) is -3.33. The second-order valence-corrected chi connectivity index (χ2v) is 10.4. The Labute approximate surface area is 252 Å². The largest absolute Gasteiger partial charge is 0.573 e. The molecule has 0 unspecified atom stereocenters. The van der Waals surface area contributed by atoms with E-state index in [1.807, 2.05) is 24.3 Å². The molecule has 1 aromatic heterocycles. The van der Waals surface area contributed by atoms with Crippen LogP contribution < -0.4 is 20.1 Å². The average Bonchev–Trinajstić information content (AvgIpc) is 3.01. The van der Waals surface area contributed by atoms with E-state index in [0.717, 1.165) is 56.1 Å². The van der Waals surface area contributed by atoms with E-state index in [-0.39, 0.29) is 17.6 Å². The Hall–Kier alpha value is -4.68. The Morgan fingerprint density at radius 2 is 1.70 bits per heavy atom. The van der Waals surface area contributed by atoms with Crippen LogP contribution in [0.25, 0.3) is 11.3 Å². The first-order chi connectivity index (χ1) is 21.3. The van der Waals surface area contributed by atoms with Gasteiger partial charge in [0.1, 0.15) is 5.75 Å². The van der Waals surface area contributed by atoms with Gasteiger partial charge in [-0.1, -0.05) is 12.1 Å². The molecule has 0 radical (unpaired) electrons. The number of rotatable bonds is 8. The van der Waals surface area contributed by atoms with Crippen molar-refractivity contribution in [3.8, 4) is 22.9 Å². The van der Waals surface area contributed by atoms with Gasteiger partial charge in [0.25, 0.3) is 5.91 Å². The molecule has 1 saturated heterocycles. The van der Waals surface area contributed by atoms with Gasteiger partial charge in [-0.15, -0.1) is 13.2 Å². The van der Waals surface area contributed by atoms with Crippen molar-refractivity contribution < 1.29 is 32.2 Å². The van der Waals surface area contributed by atoms with Crippen LogP contribution in [0.2, 0.25) is 0 Å². The highest BCUT2D eigenvalue weighted by Crippen LogP contribution is 2.35. The van der Waals surface area contributed by atoms with Crippen LogP contribution in [-0.4, -0.2) is 60.0 Å². The van der Waals surface area contributed by atoms with E-state index in [1.165, 1.54) is 24.3 Å². The Bertz CT molecular complexity index is 1610. The third-order valence-electron chi connectivity index (χ3n) is 7.24. The average molecular weight is 606 g/mol. The summed E-state index contributed by atoms with van der Waals surface area (Å²) in [5, 5.41) is 6.11. The number of nitrogens with zero attached hydrogens (tertiary/aromatic N) is 3. The van der Waals surface area contributed by atoms with Crippen LogP contribution in [0, 0.1) is 0 Å². The molecule has 0 atom stereocenters. The highest BCUT2D eigenvalue weighted by atomic mass is 19.4. The summed E-state index contributed by atoms with van der Waals surface area (Å²) >= 11 is 0. The minimum absolute atomic E-state index is 0.237. The van der Waals surface area contributed by atoms with Gasteiger partial charge in [-0.05, 0) is 79.1 Å². The van der Waals surface area contributed by atoms with Gasteiger partial charge in [-0.2, -0.15) is 4.98 Å². The van der Waals surface area contributed by atoms with Gasteiger partial charge < -0.3 is 24.8 Å². The fourth-order valence-corrected chi connectivity index (χ4v) is 5.14. The second kappa shape index (κ2) is 12.9. The first kappa shape index (κ1) is 29.4. The summed E-state index contributed by atoms with van der Waals surface area (Å²) in [6, 6.07) is 20.2. The molecule has 0 spiro atoms. The smallest absolute Gasteiger partial charge is 0.477 e. The van der Waals surface area contributed by atoms with Gasteiger partial charge >= 0.3 is 6.36 Å². The van der Waals surface area contributed by atoms with Crippen LogP contribution in [0.1, 0.15) is 27.9 Å². The highest BCUT2D eigenvalue weighted by molar-refractivity contribution is 6.04. The molecule has 2 aliphatic rings. The molecule has 44 heavy (non-hydrogen) atoms. The number of carbonyl (C=O) groups excluding carboxylic acids is 1. The standard InChI is InChI=1S/C32H30F3N5O4/c33-32(34,35)44-26-12-8-22(9-13-26)28-27-5-2-16-43-30(27)39-31(38-28)37-24-10-6-23(7-11-24)29(41)36-25-4-1-3-21(19-25)20-40-14-17-42-18-15-40/h1,3-4,6-13,19H,2,5,14-18,20H2,(H,36,41)(H,37,38,39). The van der Waals surface area contributed by atoms with Crippen LogP contribution in [-0.2, 0) is 17.7 Å². The first-order valence-corrected chi connectivity index (χ1v) is 14.3. The van der Waals surface area contributed by atoms with Crippen LogP contribution in [0.15, 0.2) is 72.8 Å². The molecule has 6 rings (SSSR count). The molecule has 2 N–H and O–H groups in total. The van der Waals surface area contributed by atoms with Crippen molar-refractivity contribution in [1.29, 1.82) is 0 Å². The fraction of sp³-hybridized carbons (Fsp3) is 0.281. The lowest BCUT2D eigenvalue weighted by molar-refractivity contribution is -0.274. The highest BCUT2D eigenvalue weighted by Gasteiger charge is 2.31. The predicted octanol–water partition coefficient (Wildman–Crippen LogP) is 6.20. The number of ether oxygens (including phenoxy) is 3. The molecule has 0 bridgehead atoms. The van der Waals surface area contributed by atoms with E-state index in [2.05, 4.69) is 30.2 Å². The Kier molecular flexibility index (Phi) is 8.62. The molecule has 3 heterocycles. The van der Waals surface area contributed by atoms with Gasteiger partial charge in [0.05, 0.1) is 25.5 Å². The van der Waals surface area contributed by atoms with Gasteiger partial charge in [0.15, 0.2) is 0 Å². The summed E-state index contributed by atoms with van der Waals surface area (Å²) in [5.41, 5.74) is 4.90. The maximum absolute atomic E-state index is 13.0. The van der Waals surface area contributed by atoms with Crippen molar-refractivity contribution in [3.05, 3.63) is 89.5 Å². The Morgan fingerprint density at radius 3 is 2.45 bits per heavy atom. The molecule has 228 valence electrons. The molecular weight excluding hydrogens is 575 g/mol. The monoisotopic (exact) mass is 605 g/mol. The Morgan fingerprint density at radius 1 is 0.932 bits per heavy atom. The molecule has 1 fully saturated rings. The number of hydrogen-bond acceptors (Lipinski definition) is 8. The third kappa shape index (κ3) is 7.44. The number of morpholine rings is 1. The summed E-state index contributed by atoms with van der Waals surface area (Å²) in [7, 11) is 0. The molecular formula is C32H30F3N5O4. The van der Waals surface area contributed by atoms with Gasteiger partial charge in [0, 0.05) is 47.7 Å². The first-order valence-electron chi connectivity index (χ1n) is 14.3. The van der Waals surface area contributed by atoms with Crippen molar-refractivity contribution >= 4 is 23.2 Å². The van der Waals surface area contributed by atoms with Crippen molar-refractivity contribution in [2.24, 2.45) is 0 Å². The number of anilines is 3. The van der Waals surface area contributed by atoms with E-state index in [0.29, 0.717) is 41.4 Å². The second-order valence-electron chi connectivity index (χ2n) is 10.4. The predicted molar refractivity (Wildman–Crippen MR) is 158 cm³/mol. The number of aromatic nitrogens is 2. The lowest BCUT2D eigenvalue weighted by Gasteiger charge is -2.26. The number of carbonyl (C=O) groups is 1. The van der Waals surface area contributed by atoms with Gasteiger partial charge in [-0.25, -0.2) is 4.98 Å².